The van der Waals surface area contributed by atoms with Crippen LogP contribution in [0.4, 0.5) is 10.1 Å². The standard InChI is InChI=1S/C6H2Cl2FNO2/c7-3-1-2-4(10(11)12)5(8)6(3)9/h1-2H. The highest BCUT2D eigenvalue weighted by Crippen LogP contribution is 2.31. The largest absolute Gasteiger partial charge is 0.290 e. The van der Waals surface area contributed by atoms with Crippen molar-refractivity contribution in [2.45, 2.75) is 0 Å². The molecule has 0 aliphatic heterocycles. The molecule has 0 unspecified atom stereocenters. The van der Waals surface area contributed by atoms with Crippen molar-refractivity contribution >= 4 is 28.9 Å². The van der Waals surface area contributed by atoms with E-state index in [1.807, 2.05) is 0 Å². The number of rotatable bonds is 1. The molecule has 1 aromatic carbocycles. The van der Waals surface area contributed by atoms with E-state index in [9.17, 15) is 14.5 Å². The summed E-state index contributed by atoms with van der Waals surface area (Å²) in [4.78, 5) is 9.42. The Balaban J connectivity index is 3.36. The Labute approximate surface area is 76.9 Å². The zero-order valence-corrected chi connectivity index (χ0v) is 7.06. The quantitative estimate of drug-likeness (QED) is 0.406. The van der Waals surface area contributed by atoms with Crippen LogP contribution in [0.2, 0.25) is 10.0 Å². The Hall–Kier alpha value is -0.870. The van der Waals surface area contributed by atoms with E-state index in [1.165, 1.54) is 0 Å². The van der Waals surface area contributed by atoms with E-state index in [4.69, 9.17) is 23.2 Å². The molecule has 0 aliphatic rings. The molecule has 0 N–H and O–H groups in total. The first-order valence-corrected chi connectivity index (χ1v) is 3.57. The maximum Gasteiger partial charge on any atom is 0.290 e. The molecule has 1 rings (SSSR count). The molecule has 12 heavy (non-hydrogen) atoms. The number of nitro groups is 1. The third-order valence-corrected chi connectivity index (χ3v) is 1.86. The molecule has 0 aromatic heterocycles. The fourth-order valence-corrected chi connectivity index (χ4v) is 1.10. The van der Waals surface area contributed by atoms with Gasteiger partial charge in [-0.2, -0.15) is 0 Å². The summed E-state index contributed by atoms with van der Waals surface area (Å²) < 4.78 is 12.8. The highest BCUT2D eigenvalue weighted by atomic mass is 35.5. The second kappa shape index (κ2) is 3.25. The van der Waals surface area contributed by atoms with Crippen LogP contribution in [0, 0.1) is 15.9 Å². The zero-order valence-electron chi connectivity index (χ0n) is 5.55. The van der Waals surface area contributed by atoms with Crippen LogP contribution in [0.1, 0.15) is 0 Å². The van der Waals surface area contributed by atoms with Gasteiger partial charge in [-0.15, -0.1) is 0 Å². The number of hydrogen-bond donors (Lipinski definition) is 0. The van der Waals surface area contributed by atoms with E-state index in [0.717, 1.165) is 12.1 Å². The number of hydrogen-bond acceptors (Lipinski definition) is 2. The third kappa shape index (κ3) is 1.49. The van der Waals surface area contributed by atoms with Crippen molar-refractivity contribution < 1.29 is 9.31 Å². The highest BCUT2D eigenvalue weighted by Gasteiger charge is 2.18. The van der Waals surface area contributed by atoms with E-state index in [-0.39, 0.29) is 5.02 Å². The summed E-state index contributed by atoms with van der Waals surface area (Å²) in [7, 11) is 0. The van der Waals surface area contributed by atoms with Gasteiger partial charge in [0.15, 0.2) is 10.8 Å². The summed E-state index contributed by atoms with van der Waals surface area (Å²) in [6.07, 6.45) is 0. The van der Waals surface area contributed by atoms with Crippen LogP contribution >= 0.6 is 23.2 Å². The molecule has 0 amide bonds. The van der Waals surface area contributed by atoms with Crippen molar-refractivity contribution in [3.05, 3.63) is 38.1 Å². The summed E-state index contributed by atoms with van der Waals surface area (Å²) >= 11 is 10.6. The second-order valence-electron chi connectivity index (χ2n) is 1.95. The molecule has 64 valence electrons. The Morgan fingerprint density at radius 3 is 2.50 bits per heavy atom. The van der Waals surface area contributed by atoms with Crippen LogP contribution in [-0.2, 0) is 0 Å². The van der Waals surface area contributed by atoms with Crippen LogP contribution < -0.4 is 0 Å². The number of benzene rings is 1. The molecule has 0 aliphatic carbocycles. The lowest BCUT2D eigenvalue weighted by atomic mass is 10.3. The Morgan fingerprint density at radius 2 is 2.00 bits per heavy atom. The fourth-order valence-electron chi connectivity index (χ4n) is 0.657. The van der Waals surface area contributed by atoms with E-state index in [1.54, 1.807) is 0 Å². The molecule has 0 atom stereocenters. The van der Waals surface area contributed by atoms with Crippen LogP contribution in [0.15, 0.2) is 12.1 Å². The fraction of sp³-hybridized carbons (Fsp3) is 0. The first kappa shape index (κ1) is 9.22. The van der Waals surface area contributed by atoms with Crippen molar-refractivity contribution in [2.24, 2.45) is 0 Å². The van der Waals surface area contributed by atoms with Gasteiger partial charge in [0.25, 0.3) is 5.69 Å². The molecule has 0 radical (unpaired) electrons. The summed E-state index contributed by atoms with van der Waals surface area (Å²) in [5.41, 5.74) is -0.487. The minimum atomic E-state index is -0.965. The van der Waals surface area contributed by atoms with Crippen LogP contribution in [0.3, 0.4) is 0 Å². The van der Waals surface area contributed by atoms with Crippen LogP contribution in [0.25, 0.3) is 0 Å². The first-order chi connectivity index (χ1) is 5.54. The van der Waals surface area contributed by atoms with Crippen molar-refractivity contribution in [3.63, 3.8) is 0 Å². The summed E-state index contributed by atoms with van der Waals surface area (Å²) in [6, 6.07) is 2.13. The Bertz CT molecular complexity index is 343. The number of nitro benzene ring substituents is 1. The molecular weight excluding hydrogens is 208 g/mol. The van der Waals surface area contributed by atoms with Crippen molar-refractivity contribution in [2.75, 3.05) is 0 Å². The predicted molar refractivity (Wildman–Crippen MR) is 43.1 cm³/mol. The highest BCUT2D eigenvalue weighted by molar-refractivity contribution is 6.36. The van der Waals surface area contributed by atoms with E-state index in [2.05, 4.69) is 0 Å². The molecular formula is C6H2Cl2FNO2. The molecule has 0 spiro atoms. The van der Waals surface area contributed by atoms with Crippen LogP contribution in [-0.4, -0.2) is 4.92 Å². The Morgan fingerprint density at radius 1 is 1.42 bits per heavy atom. The number of nitrogens with zero attached hydrogens (tertiary/aromatic N) is 1. The second-order valence-corrected chi connectivity index (χ2v) is 2.74. The summed E-state index contributed by atoms with van der Waals surface area (Å²) in [5.74, 6) is -0.965. The summed E-state index contributed by atoms with van der Waals surface area (Å²) in [6.45, 7) is 0. The van der Waals surface area contributed by atoms with Crippen molar-refractivity contribution in [1.29, 1.82) is 0 Å². The molecule has 0 saturated heterocycles. The van der Waals surface area contributed by atoms with Gasteiger partial charge in [0, 0.05) is 6.07 Å². The maximum atomic E-state index is 12.8. The number of halogens is 3. The molecule has 6 heteroatoms. The van der Waals surface area contributed by atoms with E-state index in [0.29, 0.717) is 0 Å². The Kier molecular flexibility index (Phi) is 2.49. The van der Waals surface area contributed by atoms with Gasteiger partial charge in [-0.05, 0) is 6.07 Å². The smallest absolute Gasteiger partial charge is 0.258 e. The maximum absolute atomic E-state index is 12.8. The van der Waals surface area contributed by atoms with Gasteiger partial charge in [0.2, 0.25) is 0 Å². The minimum absolute atomic E-state index is 0.231. The molecule has 0 fully saturated rings. The van der Waals surface area contributed by atoms with Crippen molar-refractivity contribution in [1.82, 2.24) is 0 Å². The van der Waals surface area contributed by atoms with Gasteiger partial charge in [0.1, 0.15) is 0 Å². The van der Waals surface area contributed by atoms with Gasteiger partial charge in [-0.1, -0.05) is 23.2 Å². The van der Waals surface area contributed by atoms with Gasteiger partial charge in [-0.25, -0.2) is 4.39 Å². The average molecular weight is 210 g/mol. The lowest BCUT2D eigenvalue weighted by molar-refractivity contribution is -0.384. The third-order valence-electron chi connectivity index (χ3n) is 1.21. The lowest BCUT2D eigenvalue weighted by Gasteiger charge is -1.97. The molecule has 0 bridgehead atoms. The summed E-state index contributed by atoms with van der Waals surface area (Å²) in [5, 5.41) is 9.40. The monoisotopic (exact) mass is 209 g/mol. The predicted octanol–water partition coefficient (Wildman–Crippen LogP) is 3.04. The SMILES string of the molecule is O=[N+]([O-])c1ccc(Cl)c(F)c1Cl. The molecule has 1 aromatic rings. The minimum Gasteiger partial charge on any atom is -0.258 e. The van der Waals surface area contributed by atoms with Gasteiger partial charge in [-0.3, -0.25) is 10.1 Å². The lowest BCUT2D eigenvalue weighted by Crippen LogP contribution is -1.91. The average Bonchev–Trinajstić information content (AvgIpc) is 2.00. The van der Waals surface area contributed by atoms with E-state index < -0.39 is 21.5 Å². The van der Waals surface area contributed by atoms with Gasteiger partial charge >= 0.3 is 0 Å². The van der Waals surface area contributed by atoms with E-state index >= 15 is 0 Å². The molecule has 3 nitrogen and oxygen atoms in total. The van der Waals surface area contributed by atoms with Crippen LogP contribution in [0.5, 0.6) is 0 Å². The zero-order chi connectivity index (χ0) is 9.30. The topological polar surface area (TPSA) is 43.1 Å². The molecule has 0 heterocycles. The molecule has 0 saturated carbocycles. The first-order valence-electron chi connectivity index (χ1n) is 2.82. The van der Waals surface area contributed by atoms with Crippen molar-refractivity contribution in [3.8, 4) is 0 Å². The van der Waals surface area contributed by atoms with Gasteiger partial charge in [0.05, 0.1) is 9.95 Å². The normalized spacial score (nSPS) is 9.92. The van der Waals surface area contributed by atoms with Gasteiger partial charge < -0.3 is 0 Å².